The molecule has 0 heterocycles. The minimum Gasteiger partial charge on any atom is -0.491 e. The van der Waals surface area contributed by atoms with Gasteiger partial charge >= 0.3 is 0 Å². The normalized spacial score (nSPS) is 39.8. The molecule has 1 atom stereocenters. The van der Waals surface area contributed by atoms with Crippen LogP contribution >= 0.6 is 0 Å². The molecule has 2 nitrogen and oxygen atoms in total. The molecule has 2 heteroatoms. The summed E-state index contributed by atoms with van der Waals surface area (Å²) < 4.78 is 5.81. The fraction of sp³-hybridized carbons (Fsp3) is 0.667. The maximum Gasteiger partial charge on any atom is 0.119 e. The van der Waals surface area contributed by atoms with E-state index in [1.807, 2.05) is 30.3 Å². The Hall–Kier alpha value is -1.02. The molecule has 5 rings (SSSR count). The van der Waals surface area contributed by atoms with Gasteiger partial charge in [0, 0.05) is 5.41 Å². The minimum absolute atomic E-state index is 0.170. The molecule has 20 heavy (non-hydrogen) atoms. The number of aliphatic hydroxyl groups is 1. The molecule has 1 aromatic carbocycles. The van der Waals surface area contributed by atoms with Crippen molar-refractivity contribution in [2.75, 3.05) is 6.61 Å². The van der Waals surface area contributed by atoms with E-state index in [9.17, 15) is 5.11 Å². The molecular weight excluding hydrogens is 248 g/mol. The zero-order valence-electron chi connectivity index (χ0n) is 12.0. The van der Waals surface area contributed by atoms with Gasteiger partial charge in [0.05, 0.1) is 6.10 Å². The van der Waals surface area contributed by atoms with E-state index < -0.39 is 0 Å². The van der Waals surface area contributed by atoms with Crippen molar-refractivity contribution in [3.8, 4) is 5.75 Å². The first-order valence-electron chi connectivity index (χ1n) is 8.09. The highest BCUT2D eigenvalue weighted by molar-refractivity contribution is 5.21. The molecule has 4 aliphatic carbocycles. The highest BCUT2D eigenvalue weighted by Crippen LogP contribution is 2.61. The molecule has 0 amide bonds. The highest BCUT2D eigenvalue weighted by Gasteiger charge is 2.54. The van der Waals surface area contributed by atoms with E-state index in [1.54, 1.807) is 0 Å². The first-order valence-corrected chi connectivity index (χ1v) is 8.09. The summed E-state index contributed by atoms with van der Waals surface area (Å²) >= 11 is 0. The van der Waals surface area contributed by atoms with E-state index in [4.69, 9.17) is 4.74 Å². The minimum atomic E-state index is -0.295. The molecule has 1 aromatic rings. The van der Waals surface area contributed by atoms with Crippen LogP contribution in [0.4, 0.5) is 0 Å². The molecule has 0 saturated heterocycles. The molecular formula is C18H24O2. The van der Waals surface area contributed by atoms with Crippen LogP contribution in [0.3, 0.4) is 0 Å². The first-order chi connectivity index (χ1) is 9.73. The predicted octanol–water partition coefficient (Wildman–Crippen LogP) is 3.64. The van der Waals surface area contributed by atoms with Crippen LogP contribution in [0.2, 0.25) is 0 Å². The smallest absolute Gasteiger partial charge is 0.119 e. The lowest BCUT2D eigenvalue weighted by Crippen LogP contribution is -2.53. The van der Waals surface area contributed by atoms with E-state index in [0.717, 1.165) is 23.5 Å². The largest absolute Gasteiger partial charge is 0.491 e. The Kier molecular flexibility index (Phi) is 3.03. The van der Waals surface area contributed by atoms with Gasteiger partial charge in [0.1, 0.15) is 12.4 Å². The lowest BCUT2D eigenvalue weighted by atomic mass is 9.48. The number of benzene rings is 1. The topological polar surface area (TPSA) is 29.5 Å². The van der Waals surface area contributed by atoms with Crippen molar-refractivity contribution in [2.24, 2.45) is 23.2 Å². The van der Waals surface area contributed by atoms with Crippen LogP contribution in [0.25, 0.3) is 0 Å². The fourth-order valence-corrected chi connectivity index (χ4v) is 5.45. The maximum atomic E-state index is 10.8. The van der Waals surface area contributed by atoms with Crippen molar-refractivity contribution in [1.82, 2.24) is 0 Å². The molecule has 0 radical (unpaired) electrons. The van der Waals surface area contributed by atoms with Gasteiger partial charge < -0.3 is 9.84 Å². The van der Waals surface area contributed by atoms with Crippen LogP contribution in [0.5, 0.6) is 5.75 Å². The second-order valence-corrected chi connectivity index (χ2v) is 7.42. The Bertz CT molecular complexity index is 432. The second-order valence-electron chi connectivity index (χ2n) is 7.42. The number of hydrogen-bond donors (Lipinski definition) is 1. The van der Waals surface area contributed by atoms with E-state index >= 15 is 0 Å². The summed E-state index contributed by atoms with van der Waals surface area (Å²) in [5.74, 6) is 3.52. The highest BCUT2D eigenvalue weighted by atomic mass is 16.5. The molecule has 0 aliphatic heterocycles. The van der Waals surface area contributed by atoms with Crippen LogP contribution in [0, 0.1) is 23.2 Å². The van der Waals surface area contributed by atoms with E-state index in [0.29, 0.717) is 6.61 Å². The van der Waals surface area contributed by atoms with Crippen molar-refractivity contribution in [1.29, 1.82) is 0 Å². The van der Waals surface area contributed by atoms with Gasteiger partial charge in [0.2, 0.25) is 0 Å². The standard InChI is InChI=1S/C18H24O2/c19-17(12-20-16-4-2-1-3-5-16)18-9-13-6-14(10-18)8-15(7-13)11-18/h1-5,13-15,17,19H,6-12H2/t13?,14?,15?,17-,18?/m1/s1. The number of aliphatic hydroxyl groups excluding tert-OH is 1. The molecule has 0 aromatic heterocycles. The Morgan fingerprint density at radius 3 is 2.10 bits per heavy atom. The molecule has 4 saturated carbocycles. The van der Waals surface area contributed by atoms with Gasteiger partial charge in [-0.1, -0.05) is 18.2 Å². The van der Waals surface area contributed by atoms with Gasteiger partial charge in [0.15, 0.2) is 0 Å². The van der Waals surface area contributed by atoms with Gasteiger partial charge in [-0.2, -0.15) is 0 Å². The average Bonchev–Trinajstić information content (AvgIpc) is 2.44. The summed E-state index contributed by atoms with van der Waals surface area (Å²) in [7, 11) is 0. The van der Waals surface area contributed by atoms with Gasteiger partial charge in [-0.25, -0.2) is 0 Å². The van der Waals surface area contributed by atoms with Crippen LogP contribution in [-0.2, 0) is 0 Å². The van der Waals surface area contributed by atoms with Crippen LogP contribution < -0.4 is 4.74 Å². The molecule has 4 fully saturated rings. The van der Waals surface area contributed by atoms with Crippen molar-refractivity contribution >= 4 is 0 Å². The third-order valence-corrected chi connectivity index (χ3v) is 5.94. The lowest BCUT2D eigenvalue weighted by molar-refractivity contribution is -0.129. The van der Waals surface area contributed by atoms with Crippen LogP contribution in [0.15, 0.2) is 30.3 Å². The SMILES string of the molecule is O[C@H](COc1ccccc1)C12CC3CC(CC(C3)C1)C2. The summed E-state index contributed by atoms with van der Waals surface area (Å²) in [6.45, 7) is 0.455. The van der Waals surface area contributed by atoms with Crippen molar-refractivity contribution in [2.45, 2.75) is 44.6 Å². The predicted molar refractivity (Wildman–Crippen MR) is 78.5 cm³/mol. The summed E-state index contributed by atoms with van der Waals surface area (Å²) in [4.78, 5) is 0. The Morgan fingerprint density at radius 2 is 1.55 bits per heavy atom. The molecule has 0 spiro atoms. The van der Waals surface area contributed by atoms with E-state index in [2.05, 4.69) is 0 Å². The van der Waals surface area contributed by atoms with E-state index in [1.165, 1.54) is 38.5 Å². The zero-order valence-corrected chi connectivity index (χ0v) is 12.0. The molecule has 4 bridgehead atoms. The third kappa shape index (κ3) is 2.14. The summed E-state index contributed by atoms with van der Waals surface area (Å²) in [5, 5.41) is 10.8. The summed E-state index contributed by atoms with van der Waals surface area (Å²) in [6.07, 6.45) is 7.67. The average molecular weight is 272 g/mol. The molecule has 0 unspecified atom stereocenters. The van der Waals surface area contributed by atoms with Crippen molar-refractivity contribution in [3.05, 3.63) is 30.3 Å². The van der Waals surface area contributed by atoms with Gasteiger partial charge in [-0.3, -0.25) is 0 Å². The summed E-state index contributed by atoms with van der Waals surface area (Å²) in [5.41, 5.74) is 0.170. The van der Waals surface area contributed by atoms with Gasteiger partial charge in [-0.15, -0.1) is 0 Å². The fourth-order valence-electron chi connectivity index (χ4n) is 5.45. The Morgan fingerprint density at radius 1 is 1.00 bits per heavy atom. The van der Waals surface area contributed by atoms with Gasteiger partial charge in [0.25, 0.3) is 0 Å². The van der Waals surface area contributed by atoms with Crippen LogP contribution in [-0.4, -0.2) is 17.8 Å². The molecule has 4 aliphatic rings. The Balaban J connectivity index is 1.44. The molecule has 108 valence electrons. The summed E-state index contributed by atoms with van der Waals surface area (Å²) in [6, 6.07) is 9.88. The monoisotopic (exact) mass is 272 g/mol. The lowest BCUT2D eigenvalue weighted by Gasteiger charge is -2.58. The van der Waals surface area contributed by atoms with Crippen molar-refractivity contribution < 1.29 is 9.84 Å². The first kappa shape index (κ1) is 12.7. The third-order valence-electron chi connectivity index (χ3n) is 5.94. The number of rotatable bonds is 4. The number of hydrogen-bond acceptors (Lipinski definition) is 2. The maximum absolute atomic E-state index is 10.8. The number of ether oxygens (including phenoxy) is 1. The van der Waals surface area contributed by atoms with Gasteiger partial charge in [-0.05, 0) is 68.4 Å². The van der Waals surface area contributed by atoms with Crippen LogP contribution in [0.1, 0.15) is 38.5 Å². The zero-order chi connectivity index (χ0) is 13.6. The quantitative estimate of drug-likeness (QED) is 0.906. The van der Waals surface area contributed by atoms with E-state index in [-0.39, 0.29) is 11.5 Å². The molecule has 1 N–H and O–H groups in total. The van der Waals surface area contributed by atoms with Crippen molar-refractivity contribution in [3.63, 3.8) is 0 Å². The number of para-hydroxylation sites is 1. The second kappa shape index (κ2) is 4.77. The Labute approximate surface area is 121 Å².